The molecule has 1 atom stereocenters. The number of nitrogens with zero attached hydrogens (tertiary/aromatic N) is 3. The van der Waals surface area contributed by atoms with E-state index in [0.29, 0.717) is 39.8 Å². The van der Waals surface area contributed by atoms with E-state index in [2.05, 4.69) is 25.6 Å². The minimum Gasteiger partial charge on any atom is -0.361 e. The number of aromatic nitrogens is 4. The third-order valence-electron chi connectivity index (χ3n) is 7.05. The molecule has 0 bridgehead atoms. The molecule has 10 heteroatoms. The Bertz CT molecular complexity index is 2050. The van der Waals surface area contributed by atoms with Crippen molar-refractivity contribution in [1.29, 1.82) is 0 Å². The molecular weight excluding hydrogens is 552 g/mol. The largest absolute Gasteiger partial charge is 0.361 e. The second kappa shape index (κ2) is 11.3. The summed E-state index contributed by atoms with van der Waals surface area (Å²) in [4.78, 5) is 51.8. The van der Waals surface area contributed by atoms with Crippen molar-refractivity contribution in [2.45, 2.75) is 19.5 Å². The normalized spacial score (nSPS) is 11.9. The highest BCUT2D eigenvalue weighted by Crippen LogP contribution is 2.34. The van der Waals surface area contributed by atoms with Gasteiger partial charge in [-0.15, -0.1) is 0 Å². The molecule has 0 radical (unpaired) electrons. The highest BCUT2D eigenvalue weighted by molar-refractivity contribution is 6.36. The molecule has 0 spiro atoms. The van der Waals surface area contributed by atoms with Gasteiger partial charge in [0.25, 0.3) is 11.5 Å². The van der Waals surface area contributed by atoms with Crippen molar-refractivity contribution in [3.05, 3.63) is 140 Å². The van der Waals surface area contributed by atoms with Crippen molar-refractivity contribution in [3.8, 4) is 5.69 Å². The maximum absolute atomic E-state index is 14.3. The molecule has 6 aromatic rings. The number of carbonyl (C=O) groups is 1. The lowest BCUT2D eigenvalue weighted by atomic mass is 10.0. The van der Waals surface area contributed by atoms with E-state index < -0.39 is 11.6 Å². The average molecular weight is 577 g/mol. The van der Waals surface area contributed by atoms with Gasteiger partial charge >= 0.3 is 0 Å². The summed E-state index contributed by atoms with van der Waals surface area (Å²) in [5.74, 6) is -0.0885. The summed E-state index contributed by atoms with van der Waals surface area (Å²) in [5.41, 5.74) is 1.89. The molecule has 0 saturated carbocycles. The Kier molecular flexibility index (Phi) is 7.24. The smallest absolute Gasteiger partial charge is 0.264 e. The number of hydrogen-bond acceptors (Lipinski definition) is 6. The first-order chi connectivity index (χ1) is 20.4. The number of halogens is 1. The number of aromatic amines is 1. The van der Waals surface area contributed by atoms with Crippen molar-refractivity contribution >= 4 is 45.1 Å². The Balaban J connectivity index is 1.51. The van der Waals surface area contributed by atoms with Gasteiger partial charge in [0.2, 0.25) is 0 Å². The lowest BCUT2D eigenvalue weighted by Crippen LogP contribution is -2.29. The van der Waals surface area contributed by atoms with Crippen LogP contribution in [0.4, 0.5) is 5.82 Å². The van der Waals surface area contributed by atoms with Gasteiger partial charge in [-0.3, -0.25) is 19.0 Å². The van der Waals surface area contributed by atoms with Crippen LogP contribution in [0.15, 0.2) is 107 Å². The van der Waals surface area contributed by atoms with Crippen LogP contribution in [0.3, 0.4) is 0 Å². The quantitative estimate of drug-likeness (QED) is 0.235. The van der Waals surface area contributed by atoms with E-state index >= 15 is 0 Å². The molecule has 3 heterocycles. The number of anilines is 1. The number of rotatable bonds is 7. The molecule has 6 rings (SSSR count). The van der Waals surface area contributed by atoms with Crippen LogP contribution in [0, 0.1) is 0 Å². The topological polar surface area (TPSA) is 122 Å². The lowest BCUT2D eigenvalue weighted by Gasteiger charge is -2.24. The number of H-pyrrole nitrogens is 1. The van der Waals surface area contributed by atoms with E-state index in [1.165, 1.54) is 23.2 Å². The molecule has 0 aliphatic carbocycles. The van der Waals surface area contributed by atoms with Crippen molar-refractivity contribution < 1.29 is 4.79 Å². The number of hydrogen-bond donors (Lipinski definition) is 3. The van der Waals surface area contributed by atoms with Gasteiger partial charge in [-0.25, -0.2) is 9.97 Å². The van der Waals surface area contributed by atoms with E-state index in [1.807, 2.05) is 55.5 Å². The predicted molar refractivity (Wildman–Crippen MR) is 164 cm³/mol. The van der Waals surface area contributed by atoms with E-state index in [1.54, 1.807) is 30.3 Å². The fourth-order valence-corrected chi connectivity index (χ4v) is 5.50. The molecule has 3 N–H and O–H groups in total. The molecule has 0 saturated heterocycles. The van der Waals surface area contributed by atoms with Crippen molar-refractivity contribution in [1.82, 2.24) is 24.8 Å². The van der Waals surface area contributed by atoms with E-state index in [0.717, 1.165) is 5.56 Å². The highest BCUT2D eigenvalue weighted by atomic mass is 35.5. The Labute approximate surface area is 244 Å². The molecular formula is C32H25ClN6O3. The maximum atomic E-state index is 14.3. The number of fused-ring (bicyclic) bond motifs is 2. The summed E-state index contributed by atoms with van der Waals surface area (Å²) >= 11 is 7.10. The molecule has 208 valence electrons. The summed E-state index contributed by atoms with van der Waals surface area (Å²) in [6.07, 6.45) is 2.87. The Morgan fingerprint density at radius 3 is 2.43 bits per heavy atom. The molecule has 0 fully saturated rings. The number of nitrogens with one attached hydrogen (secondary N) is 3. The number of amides is 1. The standard InChI is InChI=1S/C32H25ClN6O3/c1-19(38-30-26-24(40)15-16-34-29(26)36-18-37-30)28-27(33)22-13-8-14-23(31(41)35-17-20-9-4-2-5-10-20)25(22)32(42)39(28)21-11-6-3-7-12-21/h2-16,18-19H,17H2,1H3,(H,35,41)(H2,34,36,37,38,40). The van der Waals surface area contributed by atoms with Crippen molar-refractivity contribution in [2.24, 2.45) is 0 Å². The second-order valence-corrected chi connectivity index (χ2v) is 10.1. The minimum atomic E-state index is -0.594. The van der Waals surface area contributed by atoms with Crippen LogP contribution < -0.4 is 21.6 Å². The minimum absolute atomic E-state index is 0.205. The summed E-state index contributed by atoms with van der Waals surface area (Å²) in [7, 11) is 0. The Morgan fingerprint density at radius 2 is 1.67 bits per heavy atom. The third kappa shape index (κ3) is 4.90. The van der Waals surface area contributed by atoms with Gasteiger partial charge < -0.3 is 15.6 Å². The average Bonchev–Trinajstić information content (AvgIpc) is 3.02. The van der Waals surface area contributed by atoms with Crippen LogP contribution >= 0.6 is 11.6 Å². The van der Waals surface area contributed by atoms with Crippen LogP contribution in [0.25, 0.3) is 27.5 Å². The fourth-order valence-electron chi connectivity index (χ4n) is 5.09. The highest BCUT2D eigenvalue weighted by Gasteiger charge is 2.25. The molecule has 0 aliphatic rings. The summed E-state index contributed by atoms with van der Waals surface area (Å²) < 4.78 is 1.50. The van der Waals surface area contributed by atoms with Gasteiger partial charge in [-0.2, -0.15) is 0 Å². The molecule has 1 unspecified atom stereocenters. The van der Waals surface area contributed by atoms with Gasteiger partial charge in [-0.05, 0) is 30.7 Å². The van der Waals surface area contributed by atoms with Gasteiger partial charge in [0.1, 0.15) is 23.2 Å². The third-order valence-corrected chi connectivity index (χ3v) is 7.45. The van der Waals surface area contributed by atoms with E-state index in [9.17, 15) is 14.4 Å². The number of carbonyl (C=O) groups excluding carboxylic acids is 1. The van der Waals surface area contributed by atoms with Crippen LogP contribution in [0.2, 0.25) is 5.02 Å². The second-order valence-electron chi connectivity index (χ2n) is 9.73. The lowest BCUT2D eigenvalue weighted by molar-refractivity contribution is 0.0952. The molecule has 42 heavy (non-hydrogen) atoms. The number of pyridine rings is 2. The van der Waals surface area contributed by atoms with Crippen LogP contribution in [-0.2, 0) is 6.54 Å². The first kappa shape index (κ1) is 26.9. The zero-order chi connectivity index (χ0) is 29.2. The Hall–Kier alpha value is -5.28. The molecule has 9 nitrogen and oxygen atoms in total. The predicted octanol–water partition coefficient (Wildman–Crippen LogP) is 5.38. The zero-order valence-corrected chi connectivity index (χ0v) is 23.2. The van der Waals surface area contributed by atoms with Crippen LogP contribution in [0.1, 0.15) is 34.6 Å². The molecule has 0 aliphatic heterocycles. The van der Waals surface area contributed by atoms with Gasteiger partial charge in [0, 0.05) is 29.9 Å². The van der Waals surface area contributed by atoms with Gasteiger partial charge in [0.15, 0.2) is 5.43 Å². The van der Waals surface area contributed by atoms with Crippen LogP contribution in [0.5, 0.6) is 0 Å². The van der Waals surface area contributed by atoms with E-state index in [4.69, 9.17) is 11.6 Å². The molecule has 3 aromatic heterocycles. The Morgan fingerprint density at radius 1 is 0.929 bits per heavy atom. The molecule has 1 amide bonds. The SMILES string of the molecule is CC(Nc1ncnc2[nH]ccc(=O)c12)c1c(Cl)c2cccc(C(=O)NCc3ccccc3)c2c(=O)n1-c1ccccc1. The zero-order valence-electron chi connectivity index (χ0n) is 22.5. The maximum Gasteiger partial charge on any atom is 0.264 e. The van der Waals surface area contributed by atoms with Crippen LogP contribution in [-0.4, -0.2) is 25.4 Å². The van der Waals surface area contributed by atoms with Crippen molar-refractivity contribution in [2.75, 3.05) is 5.32 Å². The van der Waals surface area contributed by atoms with Crippen molar-refractivity contribution in [3.63, 3.8) is 0 Å². The number of para-hydroxylation sites is 1. The number of benzene rings is 3. The summed E-state index contributed by atoms with van der Waals surface area (Å²) in [6.45, 7) is 2.13. The first-order valence-electron chi connectivity index (χ1n) is 13.3. The first-order valence-corrected chi connectivity index (χ1v) is 13.7. The molecule has 3 aromatic carbocycles. The summed E-state index contributed by atoms with van der Waals surface area (Å²) in [5, 5.41) is 7.41. The van der Waals surface area contributed by atoms with Gasteiger partial charge in [0.05, 0.1) is 27.7 Å². The monoisotopic (exact) mass is 576 g/mol. The fraction of sp³-hybridized carbons (Fsp3) is 0.0938. The summed E-state index contributed by atoms with van der Waals surface area (Å²) in [6, 6.07) is 24.5. The van der Waals surface area contributed by atoms with Gasteiger partial charge in [-0.1, -0.05) is 72.3 Å². The van der Waals surface area contributed by atoms with E-state index in [-0.39, 0.29) is 27.7 Å².